The Bertz CT molecular complexity index is 609. The molecule has 6 nitrogen and oxygen atoms in total. The summed E-state index contributed by atoms with van der Waals surface area (Å²) in [6, 6.07) is 0. The van der Waals surface area contributed by atoms with Crippen LogP contribution in [0.15, 0.2) is 0 Å². The minimum absolute atomic E-state index is 0.614. The number of ketones is 2. The van der Waals surface area contributed by atoms with Crippen molar-refractivity contribution in [3.63, 3.8) is 0 Å². The maximum Gasteiger partial charge on any atom is 0.271 e. The SMILES string of the molecule is O=C1c2c(O)c(Cl)c(Cl)c(O)c2C(=O)C(Cl)(Cl)C1(O)O. The summed E-state index contributed by atoms with van der Waals surface area (Å²) in [6.07, 6.45) is 0. The van der Waals surface area contributed by atoms with Crippen LogP contribution in [0.25, 0.3) is 0 Å². The van der Waals surface area contributed by atoms with Crippen LogP contribution in [0.4, 0.5) is 0 Å². The Labute approximate surface area is 131 Å². The van der Waals surface area contributed by atoms with Crippen LogP contribution < -0.4 is 0 Å². The predicted octanol–water partition coefficient (Wildman–Crippen LogP) is 1.64. The Kier molecular flexibility index (Phi) is 3.41. The molecule has 0 atom stereocenters. The fourth-order valence-corrected chi connectivity index (χ4v) is 2.47. The Morgan fingerprint density at radius 2 is 1.15 bits per heavy atom. The topological polar surface area (TPSA) is 115 Å². The van der Waals surface area contributed by atoms with E-state index >= 15 is 0 Å². The van der Waals surface area contributed by atoms with Crippen LogP contribution in [0.1, 0.15) is 20.7 Å². The second kappa shape index (κ2) is 4.37. The lowest BCUT2D eigenvalue weighted by molar-refractivity contribution is -0.125. The van der Waals surface area contributed by atoms with Gasteiger partial charge in [0.2, 0.25) is 15.9 Å². The molecule has 0 bridgehead atoms. The number of hydrogen-bond acceptors (Lipinski definition) is 6. The number of rotatable bonds is 0. The van der Waals surface area contributed by atoms with Gasteiger partial charge in [0.25, 0.3) is 5.79 Å². The number of aromatic hydroxyl groups is 2. The van der Waals surface area contributed by atoms with Crippen LogP contribution in [0.5, 0.6) is 11.5 Å². The van der Waals surface area contributed by atoms with Crippen LogP contribution in [0.2, 0.25) is 10.0 Å². The van der Waals surface area contributed by atoms with Crippen molar-refractivity contribution in [3.05, 3.63) is 21.2 Å². The molecular formula is C10H4Cl4O6. The van der Waals surface area contributed by atoms with E-state index in [1.165, 1.54) is 0 Å². The van der Waals surface area contributed by atoms with Crippen molar-refractivity contribution < 1.29 is 30.0 Å². The Balaban J connectivity index is 2.99. The second-order valence-corrected chi connectivity index (χ2v) is 6.06. The van der Waals surface area contributed by atoms with Crippen LogP contribution in [0, 0.1) is 0 Å². The number of carbonyl (C=O) groups excluding carboxylic acids is 2. The van der Waals surface area contributed by atoms with Gasteiger partial charge in [-0.1, -0.05) is 46.4 Å². The zero-order chi connectivity index (χ0) is 15.6. The van der Waals surface area contributed by atoms with E-state index in [-0.39, 0.29) is 0 Å². The molecule has 0 amide bonds. The predicted molar refractivity (Wildman–Crippen MR) is 70.1 cm³/mol. The molecule has 1 aromatic rings. The number of halogens is 4. The summed E-state index contributed by atoms with van der Waals surface area (Å²) in [4.78, 5) is 24.0. The molecule has 1 aliphatic rings. The first-order valence-electron chi connectivity index (χ1n) is 4.81. The first-order chi connectivity index (χ1) is 8.96. The van der Waals surface area contributed by atoms with Gasteiger partial charge in [-0.25, -0.2) is 0 Å². The van der Waals surface area contributed by atoms with Crippen LogP contribution in [-0.2, 0) is 0 Å². The summed E-state index contributed by atoms with van der Waals surface area (Å²) in [5.74, 6) is -8.50. The van der Waals surface area contributed by atoms with E-state index in [4.69, 9.17) is 46.4 Å². The molecule has 20 heavy (non-hydrogen) atoms. The largest absolute Gasteiger partial charge is 0.506 e. The normalized spacial score (nSPS) is 19.9. The van der Waals surface area contributed by atoms with Gasteiger partial charge in [-0.3, -0.25) is 9.59 Å². The highest BCUT2D eigenvalue weighted by atomic mass is 35.5. The number of phenolic OH excluding ortho intramolecular Hbond substituents is 2. The molecule has 1 aromatic carbocycles. The quantitative estimate of drug-likeness (QED) is 0.317. The smallest absolute Gasteiger partial charge is 0.271 e. The third-order valence-corrected chi connectivity index (χ3v) is 4.53. The minimum Gasteiger partial charge on any atom is -0.506 e. The molecule has 10 heteroatoms. The van der Waals surface area contributed by atoms with Gasteiger partial charge in [0.05, 0.1) is 11.1 Å². The lowest BCUT2D eigenvalue weighted by Crippen LogP contribution is -2.60. The van der Waals surface area contributed by atoms with Gasteiger partial charge >= 0.3 is 0 Å². The number of carbonyl (C=O) groups is 2. The lowest BCUT2D eigenvalue weighted by Gasteiger charge is -2.36. The summed E-state index contributed by atoms with van der Waals surface area (Å²) in [7, 11) is 0. The number of alkyl halides is 2. The lowest BCUT2D eigenvalue weighted by atomic mass is 9.83. The van der Waals surface area contributed by atoms with Gasteiger partial charge in [0.1, 0.15) is 21.5 Å². The van der Waals surface area contributed by atoms with Crippen LogP contribution >= 0.6 is 46.4 Å². The summed E-state index contributed by atoms with van der Waals surface area (Å²) in [5.41, 5.74) is -1.77. The Morgan fingerprint density at radius 1 is 0.800 bits per heavy atom. The third-order valence-electron chi connectivity index (χ3n) is 2.83. The standard InChI is InChI=1S/C10H4Cl4O6/c11-3-4(12)6(16)2-1(5(3)15)7(17)9(13,14)10(19,20)8(2)18/h15-16,19-20H. The molecule has 0 saturated carbocycles. The molecule has 0 unspecified atom stereocenters. The molecule has 108 valence electrons. The third kappa shape index (κ3) is 1.67. The fraction of sp³-hybridized carbons (Fsp3) is 0.200. The van der Waals surface area contributed by atoms with E-state index in [2.05, 4.69) is 0 Å². The van der Waals surface area contributed by atoms with Crippen molar-refractivity contribution in [3.8, 4) is 11.5 Å². The first-order valence-corrected chi connectivity index (χ1v) is 6.32. The van der Waals surface area contributed by atoms with Crippen molar-refractivity contribution >= 4 is 58.0 Å². The second-order valence-electron chi connectivity index (χ2n) is 3.98. The summed E-state index contributed by atoms with van der Waals surface area (Å²) in [6.45, 7) is 0. The molecular weight excluding hydrogens is 358 g/mol. The number of benzene rings is 1. The van der Waals surface area contributed by atoms with Gasteiger partial charge in [-0.2, -0.15) is 0 Å². The Morgan fingerprint density at radius 3 is 1.55 bits per heavy atom. The van der Waals surface area contributed by atoms with Gasteiger partial charge in [-0.15, -0.1) is 0 Å². The number of aliphatic hydroxyl groups is 2. The Hall–Kier alpha value is -0.760. The van der Waals surface area contributed by atoms with E-state index in [9.17, 15) is 30.0 Å². The van der Waals surface area contributed by atoms with Crippen LogP contribution in [0.3, 0.4) is 0 Å². The van der Waals surface area contributed by atoms with E-state index in [1.54, 1.807) is 0 Å². The summed E-state index contributed by atoms with van der Waals surface area (Å²) < 4.78 is -2.99. The van der Waals surface area contributed by atoms with E-state index < -0.39 is 54.4 Å². The van der Waals surface area contributed by atoms with E-state index in [1.807, 2.05) is 0 Å². The van der Waals surface area contributed by atoms with Gasteiger partial charge in [0.15, 0.2) is 0 Å². The molecule has 1 aliphatic carbocycles. The average molecular weight is 362 g/mol. The van der Waals surface area contributed by atoms with Crippen molar-refractivity contribution in [2.24, 2.45) is 0 Å². The van der Waals surface area contributed by atoms with Crippen molar-refractivity contribution in [2.45, 2.75) is 10.1 Å². The van der Waals surface area contributed by atoms with Crippen molar-refractivity contribution in [1.82, 2.24) is 0 Å². The zero-order valence-electron chi connectivity index (χ0n) is 9.12. The molecule has 0 saturated heterocycles. The van der Waals surface area contributed by atoms with Gasteiger partial charge in [-0.05, 0) is 0 Å². The zero-order valence-corrected chi connectivity index (χ0v) is 12.1. The maximum absolute atomic E-state index is 12.0. The molecule has 0 aromatic heterocycles. The highest BCUT2D eigenvalue weighted by Crippen LogP contribution is 2.52. The number of phenols is 2. The molecule has 0 radical (unpaired) electrons. The molecule has 2 rings (SSSR count). The average Bonchev–Trinajstić information content (AvgIpc) is 2.37. The van der Waals surface area contributed by atoms with E-state index in [0.29, 0.717) is 0 Å². The monoisotopic (exact) mass is 360 g/mol. The van der Waals surface area contributed by atoms with Gasteiger partial charge in [0, 0.05) is 0 Å². The van der Waals surface area contributed by atoms with Crippen LogP contribution in [-0.4, -0.2) is 42.1 Å². The molecule has 0 fully saturated rings. The van der Waals surface area contributed by atoms with Crippen molar-refractivity contribution in [2.75, 3.05) is 0 Å². The molecule has 0 aliphatic heterocycles. The molecule has 0 spiro atoms. The fourth-order valence-electron chi connectivity index (χ4n) is 1.74. The molecule has 0 heterocycles. The van der Waals surface area contributed by atoms with Crippen molar-refractivity contribution in [1.29, 1.82) is 0 Å². The minimum atomic E-state index is -3.51. The maximum atomic E-state index is 12.0. The molecule has 4 N–H and O–H groups in total. The highest BCUT2D eigenvalue weighted by molar-refractivity contribution is 6.64. The summed E-state index contributed by atoms with van der Waals surface area (Å²) in [5, 5.41) is 37.5. The summed E-state index contributed by atoms with van der Waals surface area (Å²) >= 11 is 22.1. The number of fused-ring (bicyclic) bond motifs is 1. The number of Topliss-reactive ketones (excluding diaryl/α,β-unsaturated/α-hetero) is 2. The highest BCUT2D eigenvalue weighted by Gasteiger charge is 2.64. The number of hydrogen-bond donors (Lipinski definition) is 4. The van der Waals surface area contributed by atoms with Gasteiger partial charge < -0.3 is 20.4 Å². The first kappa shape index (κ1) is 15.6. The van der Waals surface area contributed by atoms with E-state index in [0.717, 1.165) is 0 Å².